The van der Waals surface area contributed by atoms with Gasteiger partial charge in [0.2, 0.25) is 0 Å². The van der Waals surface area contributed by atoms with Gasteiger partial charge in [-0.05, 0) is 50.6 Å². The minimum atomic E-state index is -0.138. The van der Waals surface area contributed by atoms with Crippen LogP contribution in [0.1, 0.15) is 23.1 Å². The average molecular weight is 232 g/mol. The Morgan fingerprint density at radius 1 is 1.35 bits per heavy atom. The van der Waals surface area contributed by atoms with E-state index in [-0.39, 0.29) is 6.04 Å². The molecular formula is C14H20N2O. The number of hydrogen-bond donors (Lipinski definition) is 1. The summed E-state index contributed by atoms with van der Waals surface area (Å²) in [6.07, 6.45) is 0.694. The van der Waals surface area contributed by atoms with Crippen molar-refractivity contribution in [2.24, 2.45) is 0 Å². The van der Waals surface area contributed by atoms with Crippen molar-refractivity contribution < 1.29 is 4.74 Å². The first-order chi connectivity index (χ1) is 8.08. The lowest BCUT2D eigenvalue weighted by Crippen LogP contribution is -2.25. The highest BCUT2D eigenvalue weighted by molar-refractivity contribution is 5.41. The molecule has 0 aliphatic carbocycles. The summed E-state index contributed by atoms with van der Waals surface area (Å²) in [7, 11) is 1.79. The van der Waals surface area contributed by atoms with Gasteiger partial charge < -0.3 is 10.1 Å². The van der Waals surface area contributed by atoms with Gasteiger partial charge in [0.15, 0.2) is 0 Å². The normalized spacial score (nSPS) is 11.9. The van der Waals surface area contributed by atoms with E-state index >= 15 is 0 Å². The topological polar surface area (TPSA) is 45.0 Å². The highest BCUT2D eigenvalue weighted by Gasteiger charge is 2.06. The van der Waals surface area contributed by atoms with Crippen LogP contribution in [-0.4, -0.2) is 19.7 Å². The number of hydrogen-bond acceptors (Lipinski definition) is 3. The van der Waals surface area contributed by atoms with Crippen LogP contribution in [0.5, 0.6) is 5.75 Å². The van der Waals surface area contributed by atoms with E-state index in [9.17, 15) is 0 Å². The fraction of sp³-hybridized carbons (Fsp3) is 0.500. The van der Waals surface area contributed by atoms with E-state index in [4.69, 9.17) is 10.00 Å². The van der Waals surface area contributed by atoms with Gasteiger partial charge in [0.1, 0.15) is 5.75 Å². The maximum Gasteiger partial charge on any atom is 0.122 e. The summed E-state index contributed by atoms with van der Waals surface area (Å²) in [6.45, 7) is 6.76. The summed E-state index contributed by atoms with van der Waals surface area (Å²) < 4.78 is 5.74. The van der Waals surface area contributed by atoms with Gasteiger partial charge in [-0.15, -0.1) is 0 Å². The summed E-state index contributed by atoms with van der Waals surface area (Å²) in [4.78, 5) is 0. The molecule has 3 nitrogen and oxygen atoms in total. The second-order valence-corrected chi connectivity index (χ2v) is 4.31. The predicted octanol–water partition coefficient (Wildman–Crippen LogP) is 2.49. The third kappa shape index (κ3) is 3.76. The van der Waals surface area contributed by atoms with Crippen LogP contribution in [0.25, 0.3) is 0 Å². The van der Waals surface area contributed by atoms with E-state index < -0.39 is 0 Å². The van der Waals surface area contributed by atoms with Crippen molar-refractivity contribution in [3.8, 4) is 11.8 Å². The van der Waals surface area contributed by atoms with E-state index in [1.807, 2.05) is 6.07 Å². The fourth-order valence-corrected chi connectivity index (χ4v) is 1.71. The summed E-state index contributed by atoms with van der Waals surface area (Å²) >= 11 is 0. The van der Waals surface area contributed by atoms with Gasteiger partial charge in [-0.25, -0.2) is 0 Å². The maximum atomic E-state index is 8.80. The van der Waals surface area contributed by atoms with Crippen LogP contribution in [0.4, 0.5) is 0 Å². The van der Waals surface area contributed by atoms with Crippen LogP contribution in [-0.2, 0) is 0 Å². The summed E-state index contributed by atoms with van der Waals surface area (Å²) in [6, 6.07) is 6.24. The molecule has 1 atom stereocenters. The Hall–Kier alpha value is -1.53. The molecule has 17 heavy (non-hydrogen) atoms. The molecule has 0 fully saturated rings. The van der Waals surface area contributed by atoms with Crippen LogP contribution < -0.4 is 10.1 Å². The number of nitriles is 1. The Morgan fingerprint density at radius 2 is 2.06 bits per heavy atom. The number of aryl methyl sites for hydroxylation is 2. The van der Waals surface area contributed by atoms with E-state index in [1.54, 1.807) is 7.05 Å². The zero-order valence-electron chi connectivity index (χ0n) is 11.0. The first kappa shape index (κ1) is 13.5. The minimum Gasteiger partial charge on any atom is -0.493 e. The number of rotatable bonds is 5. The van der Waals surface area contributed by atoms with Gasteiger partial charge in [-0.1, -0.05) is 6.07 Å². The van der Waals surface area contributed by atoms with Crippen molar-refractivity contribution in [2.45, 2.75) is 33.2 Å². The highest BCUT2D eigenvalue weighted by Crippen LogP contribution is 2.23. The van der Waals surface area contributed by atoms with Gasteiger partial charge in [0.25, 0.3) is 0 Å². The largest absolute Gasteiger partial charge is 0.493 e. The lowest BCUT2D eigenvalue weighted by atomic mass is 10.1. The maximum absolute atomic E-state index is 8.80. The quantitative estimate of drug-likeness (QED) is 0.848. The molecule has 1 aromatic rings. The number of benzene rings is 1. The van der Waals surface area contributed by atoms with Crippen molar-refractivity contribution >= 4 is 0 Å². The fourth-order valence-electron chi connectivity index (χ4n) is 1.71. The Balaban J connectivity index is 2.61. The molecule has 0 aliphatic heterocycles. The van der Waals surface area contributed by atoms with Crippen molar-refractivity contribution in [2.75, 3.05) is 13.7 Å². The molecule has 1 N–H and O–H groups in total. The number of ether oxygens (including phenoxy) is 1. The molecule has 0 aliphatic rings. The molecular weight excluding hydrogens is 212 g/mol. The van der Waals surface area contributed by atoms with E-state index in [0.29, 0.717) is 13.0 Å². The van der Waals surface area contributed by atoms with Gasteiger partial charge in [-0.3, -0.25) is 0 Å². The molecule has 0 saturated heterocycles. The van der Waals surface area contributed by atoms with E-state index in [1.165, 1.54) is 16.7 Å². The molecule has 0 saturated carbocycles. The molecule has 0 spiro atoms. The van der Waals surface area contributed by atoms with Crippen molar-refractivity contribution in [1.29, 1.82) is 5.26 Å². The van der Waals surface area contributed by atoms with Crippen molar-refractivity contribution in [3.63, 3.8) is 0 Å². The molecule has 0 heterocycles. The third-order valence-corrected chi connectivity index (χ3v) is 2.93. The molecule has 1 unspecified atom stereocenters. The monoisotopic (exact) mass is 232 g/mol. The smallest absolute Gasteiger partial charge is 0.122 e. The molecule has 0 bridgehead atoms. The zero-order valence-corrected chi connectivity index (χ0v) is 11.0. The lowest BCUT2D eigenvalue weighted by Gasteiger charge is -2.13. The molecule has 92 valence electrons. The summed E-state index contributed by atoms with van der Waals surface area (Å²) in [5, 5.41) is 11.7. The summed E-state index contributed by atoms with van der Waals surface area (Å²) in [5.74, 6) is 0.926. The van der Waals surface area contributed by atoms with Crippen LogP contribution in [0.15, 0.2) is 12.1 Å². The Morgan fingerprint density at radius 3 is 2.65 bits per heavy atom. The molecule has 0 amide bonds. The van der Waals surface area contributed by atoms with Gasteiger partial charge in [0, 0.05) is 6.42 Å². The van der Waals surface area contributed by atoms with Gasteiger partial charge in [-0.2, -0.15) is 5.26 Å². The molecule has 3 heteroatoms. The van der Waals surface area contributed by atoms with Crippen LogP contribution >= 0.6 is 0 Å². The summed E-state index contributed by atoms with van der Waals surface area (Å²) in [5.41, 5.74) is 3.62. The van der Waals surface area contributed by atoms with Crippen molar-refractivity contribution in [1.82, 2.24) is 5.32 Å². The molecule has 1 rings (SSSR count). The second kappa shape index (κ2) is 6.27. The highest BCUT2D eigenvalue weighted by atomic mass is 16.5. The second-order valence-electron chi connectivity index (χ2n) is 4.31. The number of nitrogens with one attached hydrogen (secondary N) is 1. The minimum absolute atomic E-state index is 0.138. The first-order valence-corrected chi connectivity index (χ1v) is 5.86. The Kier molecular flexibility index (Phi) is 4.99. The zero-order chi connectivity index (χ0) is 12.8. The van der Waals surface area contributed by atoms with Gasteiger partial charge >= 0.3 is 0 Å². The predicted molar refractivity (Wildman–Crippen MR) is 69.2 cm³/mol. The van der Waals surface area contributed by atoms with Gasteiger partial charge in [0.05, 0.1) is 18.7 Å². The standard InChI is InChI=1S/C14H20N2O/c1-10-7-11(2)12(3)14(8-10)17-6-5-13(9-15)16-4/h7-8,13,16H,5-6H2,1-4H3. The Bertz CT molecular complexity index is 421. The first-order valence-electron chi connectivity index (χ1n) is 5.86. The van der Waals surface area contributed by atoms with Crippen LogP contribution in [0, 0.1) is 32.1 Å². The van der Waals surface area contributed by atoms with E-state index in [2.05, 4.69) is 38.2 Å². The molecule has 1 aromatic carbocycles. The average Bonchev–Trinajstić information content (AvgIpc) is 2.30. The van der Waals surface area contributed by atoms with Crippen LogP contribution in [0.3, 0.4) is 0 Å². The third-order valence-electron chi connectivity index (χ3n) is 2.93. The molecule has 0 aromatic heterocycles. The lowest BCUT2D eigenvalue weighted by molar-refractivity contribution is 0.298. The van der Waals surface area contributed by atoms with E-state index in [0.717, 1.165) is 5.75 Å². The van der Waals surface area contributed by atoms with Crippen LogP contribution in [0.2, 0.25) is 0 Å². The number of nitrogens with zero attached hydrogens (tertiary/aromatic N) is 1. The SMILES string of the molecule is CNC(C#N)CCOc1cc(C)cc(C)c1C. The van der Waals surface area contributed by atoms with Crippen molar-refractivity contribution in [3.05, 3.63) is 28.8 Å². The Labute approximate surface area is 103 Å². The molecule has 0 radical (unpaired) electrons.